The summed E-state index contributed by atoms with van der Waals surface area (Å²) in [6, 6.07) is 17.2. The number of carbonyl (C=O) groups is 3. The quantitative estimate of drug-likeness (QED) is 0.574. The number of nitrogens with zero attached hydrogens (tertiary/aromatic N) is 2. The largest absolute Gasteiger partial charge is 0.451 e. The van der Waals surface area contributed by atoms with Crippen LogP contribution in [-0.4, -0.2) is 54.7 Å². The highest BCUT2D eigenvalue weighted by molar-refractivity contribution is 6.01. The number of furan rings is 1. The molecule has 1 N–H and O–H groups in total. The third-order valence-corrected chi connectivity index (χ3v) is 7.70. The molecule has 36 heavy (non-hydrogen) atoms. The Morgan fingerprint density at radius 3 is 2.47 bits per heavy atom. The van der Waals surface area contributed by atoms with E-state index in [9.17, 15) is 14.4 Å². The van der Waals surface area contributed by atoms with Gasteiger partial charge in [0.1, 0.15) is 5.76 Å². The van der Waals surface area contributed by atoms with Gasteiger partial charge in [0.25, 0.3) is 11.8 Å². The summed E-state index contributed by atoms with van der Waals surface area (Å²) in [5.41, 5.74) is 3.95. The van der Waals surface area contributed by atoms with E-state index < -0.39 is 5.41 Å². The molecule has 1 unspecified atom stereocenters. The van der Waals surface area contributed by atoms with Crippen LogP contribution in [0.25, 0.3) is 22.5 Å². The summed E-state index contributed by atoms with van der Waals surface area (Å²) in [5.74, 6) is 0.659. The molecular weight excluding hydrogens is 454 g/mol. The molecule has 1 saturated heterocycles. The second-order valence-corrected chi connectivity index (χ2v) is 9.75. The lowest BCUT2D eigenvalue weighted by Gasteiger charge is -2.40. The van der Waals surface area contributed by atoms with Gasteiger partial charge in [-0.05, 0) is 54.2 Å². The smallest absolute Gasteiger partial charge is 0.289 e. The molecule has 1 aromatic heterocycles. The summed E-state index contributed by atoms with van der Waals surface area (Å²) in [5, 5.41) is 2.77. The van der Waals surface area contributed by atoms with E-state index in [2.05, 4.69) is 5.32 Å². The Labute approximate surface area is 211 Å². The lowest BCUT2D eigenvalue weighted by molar-refractivity contribution is -0.133. The molecule has 5 rings (SSSR count). The first-order valence-corrected chi connectivity index (χ1v) is 12.5. The maximum atomic E-state index is 13.4. The summed E-state index contributed by atoms with van der Waals surface area (Å²) in [7, 11) is 3.45. The van der Waals surface area contributed by atoms with Crippen LogP contribution in [0.3, 0.4) is 0 Å². The molecular formula is C29H31N3O4. The van der Waals surface area contributed by atoms with Crippen LogP contribution in [0.15, 0.2) is 59.0 Å². The molecule has 2 aromatic carbocycles. The lowest BCUT2D eigenvalue weighted by Crippen LogP contribution is -2.52. The average Bonchev–Trinajstić information content (AvgIpc) is 3.52. The van der Waals surface area contributed by atoms with Crippen molar-refractivity contribution >= 4 is 17.7 Å². The lowest BCUT2D eigenvalue weighted by atomic mass is 9.76. The van der Waals surface area contributed by atoms with Gasteiger partial charge in [0, 0.05) is 44.9 Å². The van der Waals surface area contributed by atoms with Gasteiger partial charge in [-0.3, -0.25) is 14.4 Å². The van der Waals surface area contributed by atoms with E-state index in [1.807, 2.05) is 55.5 Å². The van der Waals surface area contributed by atoms with Gasteiger partial charge < -0.3 is 19.5 Å². The molecule has 0 radical (unpaired) electrons. The van der Waals surface area contributed by atoms with E-state index in [0.717, 1.165) is 40.7 Å². The van der Waals surface area contributed by atoms with Gasteiger partial charge in [-0.25, -0.2) is 0 Å². The first-order valence-electron chi connectivity index (χ1n) is 12.5. The molecule has 3 amide bonds. The normalized spacial score (nSPS) is 19.4. The Balaban J connectivity index is 1.46. The number of amides is 3. The van der Waals surface area contributed by atoms with Gasteiger partial charge in [0.15, 0.2) is 5.76 Å². The minimum atomic E-state index is -0.567. The highest BCUT2D eigenvalue weighted by Gasteiger charge is 2.42. The van der Waals surface area contributed by atoms with Gasteiger partial charge in [0.05, 0.1) is 5.41 Å². The van der Waals surface area contributed by atoms with E-state index in [4.69, 9.17) is 4.42 Å². The van der Waals surface area contributed by atoms with Gasteiger partial charge in [-0.15, -0.1) is 0 Å². The van der Waals surface area contributed by atoms with Crippen molar-refractivity contribution in [2.75, 3.05) is 27.2 Å². The Bertz CT molecular complexity index is 1340. The second kappa shape index (κ2) is 9.30. The first-order chi connectivity index (χ1) is 17.4. The fraction of sp³-hybridized carbons (Fsp3) is 0.345. The van der Waals surface area contributed by atoms with E-state index in [1.165, 1.54) is 0 Å². The summed E-state index contributed by atoms with van der Waals surface area (Å²) in [4.78, 5) is 42.0. The highest BCUT2D eigenvalue weighted by atomic mass is 16.4. The first kappa shape index (κ1) is 23.9. The number of benzene rings is 2. The zero-order valence-electron chi connectivity index (χ0n) is 21.0. The number of nitrogens with one attached hydrogen (secondary N) is 1. The average molecular weight is 486 g/mol. The van der Waals surface area contributed by atoms with Crippen LogP contribution in [0.5, 0.6) is 0 Å². The van der Waals surface area contributed by atoms with Gasteiger partial charge in [0.2, 0.25) is 5.91 Å². The van der Waals surface area contributed by atoms with Crippen LogP contribution in [-0.2, 0) is 11.3 Å². The molecule has 2 aliphatic rings. The Morgan fingerprint density at radius 1 is 1.00 bits per heavy atom. The van der Waals surface area contributed by atoms with Crippen molar-refractivity contribution in [3.8, 4) is 22.5 Å². The summed E-state index contributed by atoms with van der Waals surface area (Å²) in [6.07, 6.45) is 2.21. The Kier molecular flexibility index (Phi) is 6.16. The van der Waals surface area contributed by atoms with Crippen LogP contribution in [0.2, 0.25) is 0 Å². The fourth-order valence-electron chi connectivity index (χ4n) is 5.62. The predicted octanol–water partition coefficient (Wildman–Crippen LogP) is 4.58. The Hall–Kier alpha value is -3.87. The number of hydrogen-bond donors (Lipinski definition) is 1. The number of likely N-dealkylation sites (tertiary alicyclic amines) is 1. The molecule has 7 nitrogen and oxygen atoms in total. The van der Waals surface area contributed by atoms with E-state index in [0.29, 0.717) is 31.8 Å². The van der Waals surface area contributed by atoms with E-state index in [1.54, 1.807) is 30.0 Å². The zero-order chi connectivity index (χ0) is 25.4. The number of carbonyl (C=O) groups excluding carboxylic acids is 3. The van der Waals surface area contributed by atoms with Crippen LogP contribution in [0.1, 0.15) is 52.7 Å². The Morgan fingerprint density at radius 2 is 1.72 bits per heavy atom. The van der Waals surface area contributed by atoms with Crippen molar-refractivity contribution < 1.29 is 18.8 Å². The molecule has 0 aliphatic carbocycles. The van der Waals surface area contributed by atoms with E-state index in [-0.39, 0.29) is 23.5 Å². The SMILES string of the molecule is CCC1(C(=O)NC)CCCN(C(=O)c2ccc(-c3ccccc3-c3cccc4c3CN(C)C4=O)o2)C1. The third-order valence-electron chi connectivity index (χ3n) is 7.70. The zero-order valence-corrected chi connectivity index (χ0v) is 21.0. The van der Waals surface area contributed by atoms with Crippen molar-refractivity contribution in [2.45, 2.75) is 32.7 Å². The fourth-order valence-corrected chi connectivity index (χ4v) is 5.62. The van der Waals surface area contributed by atoms with Gasteiger partial charge >= 0.3 is 0 Å². The molecule has 186 valence electrons. The number of hydrogen-bond acceptors (Lipinski definition) is 4. The van der Waals surface area contributed by atoms with Crippen LogP contribution in [0.4, 0.5) is 0 Å². The van der Waals surface area contributed by atoms with Crippen molar-refractivity contribution in [3.05, 3.63) is 71.5 Å². The minimum absolute atomic E-state index is 0.0175. The summed E-state index contributed by atoms with van der Waals surface area (Å²) >= 11 is 0. The monoisotopic (exact) mass is 485 g/mol. The maximum absolute atomic E-state index is 13.4. The molecule has 0 bridgehead atoms. The van der Waals surface area contributed by atoms with Gasteiger partial charge in [-0.1, -0.05) is 43.3 Å². The number of fused-ring (bicyclic) bond motifs is 1. The summed E-state index contributed by atoms with van der Waals surface area (Å²) < 4.78 is 6.13. The molecule has 0 spiro atoms. The van der Waals surface area contributed by atoms with Crippen molar-refractivity contribution in [1.82, 2.24) is 15.1 Å². The highest BCUT2D eigenvalue weighted by Crippen LogP contribution is 2.39. The van der Waals surface area contributed by atoms with Crippen molar-refractivity contribution in [3.63, 3.8) is 0 Å². The van der Waals surface area contributed by atoms with Gasteiger partial charge in [-0.2, -0.15) is 0 Å². The standard InChI is InChI=1S/C29H31N3O4/c1-4-29(28(35)30-2)15-8-16-32(18-29)27(34)25-14-13-24(36-25)21-10-6-5-9-19(21)20-11-7-12-22-23(20)17-31(3)26(22)33/h5-7,9-14H,4,8,15-18H2,1-3H3,(H,30,35). The van der Waals surface area contributed by atoms with E-state index >= 15 is 0 Å². The van der Waals surface area contributed by atoms with Crippen LogP contribution in [0, 0.1) is 5.41 Å². The van der Waals surface area contributed by atoms with Crippen molar-refractivity contribution in [2.24, 2.45) is 5.41 Å². The second-order valence-electron chi connectivity index (χ2n) is 9.75. The maximum Gasteiger partial charge on any atom is 0.289 e. The molecule has 7 heteroatoms. The predicted molar refractivity (Wildman–Crippen MR) is 137 cm³/mol. The van der Waals surface area contributed by atoms with Crippen molar-refractivity contribution in [1.29, 1.82) is 0 Å². The molecule has 0 saturated carbocycles. The molecule has 3 aromatic rings. The summed E-state index contributed by atoms with van der Waals surface area (Å²) in [6.45, 7) is 3.53. The number of piperidine rings is 1. The van der Waals surface area contributed by atoms with Crippen LogP contribution < -0.4 is 5.32 Å². The topological polar surface area (TPSA) is 82.9 Å². The van der Waals surface area contributed by atoms with Crippen LogP contribution >= 0.6 is 0 Å². The molecule has 2 aliphatic heterocycles. The molecule has 1 fully saturated rings. The third kappa shape index (κ3) is 3.88. The number of rotatable bonds is 5. The molecule has 3 heterocycles. The minimum Gasteiger partial charge on any atom is -0.451 e. The molecule has 1 atom stereocenters.